The van der Waals surface area contributed by atoms with Crippen molar-refractivity contribution in [2.75, 3.05) is 13.7 Å². The molecule has 3 heterocycles. The Bertz CT molecular complexity index is 1290. The van der Waals surface area contributed by atoms with Crippen LogP contribution in [0.3, 0.4) is 0 Å². The first-order valence-corrected chi connectivity index (χ1v) is 11.4. The van der Waals surface area contributed by atoms with Crippen molar-refractivity contribution >= 4 is 5.97 Å². The van der Waals surface area contributed by atoms with Crippen molar-refractivity contribution in [3.63, 3.8) is 0 Å². The van der Waals surface area contributed by atoms with Gasteiger partial charge in [-0.15, -0.1) is 0 Å². The number of benzene rings is 1. The Morgan fingerprint density at radius 3 is 2.56 bits per heavy atom. The highest BCUT2D eigenvalue weighted by Crippen LogP contribution is 2.45. The Hall–Kier alpha value is -3.61. The molecule has 0 fully saturated rings. The number of aromatic carboxylic acids is 1. The minimum atomic E-state index is -1.22. The molecular weight excluding hydrogens is 432 g/mol. The summed E-state index contributed by atoms with van der Waals surface area (Å²) >= 11 is 0. The number of carbonyl (C=O) groups is 1. The van der Waals surface area contributed by atoms with Gasteiger partial charge < -0.3 is 19.1 Å². The average Bonchev–Trinajstić information content (AvgIpc) is 2.80. The van der Waals surface area contributed by atoms with Gasteiger partial charge in [0.05, 0.1) is 19.4 Å². The number of nitrogens with zero attached hydrogens (tertiary/aromatic N) is 2. The molecule has 1 N–H and O–H groups in total. The first kappa shape index (κ1) is 23.5. The molecule has 0 saturated heterocycles. The second-order valence-electron chi connectivity index (χ2n) is 9.68. The smallest absolute Gasteiger partial charge is 0.341 e. The largest absolute Gasteiger partial charge is 0.496 e. The zero-order chi connectivity index (χ0) is 24.6. The maximum Gasteiger partial charge on any atom is 0.341 e. The molecule has 7 heteroatoms. The molecule has 178 valence electrons. The highest BCUT2D eigenvalue weighted by molar-refractivity contribution is 5.88. The van der Waals surface area contributed by atoms with Crippen molar-refractivity contribution in [1.82, 2.24) is 9.55 Å². The molecule has 2 aromatic heterocycles. The minimum absolute atomic E-state index is 0.0297. The van der Waals surface area contributed by atoms with Gasteiger partial charge in [0.15, 0.2) is 5.43 Å². The van der Waals surface area contributed by atoms with Gasteiger partial charge in [0, 0.05) is 47.3 Å². The van der Waals surface area contributed by atoms with Crippen LogP contribution in [0.4, 0.5) is 0 Å². The number of hydrogen-bond acceptors (Lipinski definition) is 5. The van der Waals surface area contributed by atoms with E-state index in [1.54, 1.807) is 13.3 Å². The van der Waals surface area contributed by atoms with E-state index in [-0.39, 0.29) is 17.0 Å². The monoisotopic (exact) mass is 462 g/mol. The predicted octanol–water partition coefficient (Wildman–Crippen LogP) is 5.22. The zero-order valence-corrected chi connectivity index (χ0v) is 20.2. The highest BCUT2D eigenvalue weighted by Gasteiger charge is 2.34. The number of ether oxygens (including phenoxy) is 2. The molecule has 0 amide bonds. The topological polar surface area (TPSA) is 90.6 Å². The third kappa shape index (κ3) is 4.30. The van der Waals surface area contributed by atoms with Crippen LogP contribution in [0.5, 0.6) is 11.6 Å². The molecule has 1 aromatic carbocycles. The van der Waals surface area contributed by atoms with Crippen molar-refractivity contribution < 1.29 is 19.4 Å². The number of pyridine rings is 2. The molecular formula is C27H30N2O5. The normalized spacial score (nSPS) is 14.8. The van der Waals surface area contributed by atoms with Crippen LogP contribution in [-0.2, 0) is 6.42 Å². The van der Waals surface area contributed by atoms with Gasteiger partial charge in [0.1, 0.15) is 11.3 Å². The maximum absolute atomic E-state index is 12.6. The van der Waals surface area contributed by atoms with Gasteiger partial charge in [-0.25, -0.2) is 9.78 Å². The first-order chi connectivity index (χ1) is 16.1. The van der Waals surface area contributed by atoms with Gasteiger partial charge in [0.25, 0.3) is 0 Å². The molecule has 0 spiro atoms. The number of fused-ring (bicyclic) bond motifs is 3. The molecule has 0 radical (unpaired) electrons. The Labute approximate surface area is 199 Å². The van der Waals surface area contributed by atoms with Gasteiger partial charge >= 0.3 is 5.97 Å². The second-order valence-corrected chi connectivity index (χ2v) is 9.68. The standard InChI is InChI=1S/C27H30N2O5/c1-6-9-34-25-8-7-16(14-28-25)19-10-17-11-24(27(2,3)4)29-15-20(26(31)32)22(30)13-21(29)18(17)12-23(19)33-5/h7-8,10,12-15,24H,6,9,11H2,1-5H3,(H,31,32). The molecule has 0 aliphatic carbocycles. The van der Waals surface area contributed by atoms with Gasteiger partial charge in [-0.2, -0.15) is 0 Å². The molecule has 1 unspecified atom stereocenters. The summed E-state index contributed by atoms with van der Waals surface area (Å²) in [5.74, 6) is 0.0155. The summed E-state index contributed by atoms with van der Waals surface area (Å²) in [5, 5.41) is 9.52. The summed E-state index contributed by atoms with van der Waals surface area (Å²) < 4.78 is 13.3. The van der Waals surface area contributed by atoms with Crippen LogP contribution in [0.15, 0.2) is 47.5 Å². The quantitative estimate of drug-likeness (QED) is 0.540. The Morgan fingerprint density at radius 2 is 1.97 bits per heavy atom. The third-order valence-corrected chi connectivity index (χ3v) is 6.26. The fraction of sp³-hybridized carbons (Fsp3) is 0.370. The molecule has 1 aliphatic rings. The third-order valence-electron chi connectivity index (χ3n) is 6.26. The molecule has 4 rings (SSSR count). The highest BCUT2D eigenvalue weighted by atomic mass is 16.5. The lowest BCUT2D eigenvalue weighted by Crippen LogP contribution is -2.32. The van der Waals surface area contributed by atoms with Crippen LogP contribution in [0.2, 0.25) is 0 Å². The van der Waals surface area contributed by atoms with E-state index in [2.05, 4.69) is 31.8 Å². The Balaban J connectivity index is 1.88. The molecule has 1 atom stereocenters. The number of methoxy groups -OCH3 is 1. The molecule has 7 nitrogen and oxygen atoms in total. The lowest BCUT2D eigenvalue weighted by Gasteiger charge is -2.39. The Kier molecular flexibility index (Phi) is 6.21. The van der Waals surface area contributed by atoms with Crippen LogP contribution in [0.25, 0.3) is 22.4 Å². The lowest BCUT2D eigenvalue weighted by molar-refractivity contribution is 0.0693. The van der Waals surface area contributed by atoms with Crippen molar-refractivity contribution in [2.24, 2.45) is 5.41 Å². The van der Waals surface area contributed by atoms with Crippen LogP contribution in [0, 0.1) is 5.41 Å². The second kappa shape index (κ2) is 8.97. The summed E-state index contributed by atoms with van der Waals surface area (Å²) in [5.41, 5.74) is 3.55. The zero-order valence-electron chi connectivity index (χ0n) is 20.2. The van der Waals surface area contributed by atoms with Crippen molar-refractivity contribution in [3.05, 3.63) is 64.1 Å². The van der Waals surface area contributed by atoms with E-state index in [0.717, 1.165) is 28.7 Å². The summed E-state index contributed by atoms with van der Waals surface area (Å²) in [7, 11) is 1.61. The summed E-state index contributed by atoms with van der Waals surface area (Å²) in [6.45, 7) is 9.02. The summed E-state index contributed by atoms with van der Waals surface area (Å²) in [6.07, 6.45) is 4.86. The van der Waals surface area contributed by atoms with E-state index in [9.17, 15) is 14.7 Å². The van der Waals surface area contributed by atoms with E-state index >= 15 is 0 Å². The number of carboxylic acids is 1. The summed E-state index contributed by atoms with van der Waals surface area (Å²) in [6, 6.07) is 9.24. The van der Waals surface area contributed by atoms with Crippen LogP contribution in [0.1, 0.15) is 56.1 Å². The van der Waals surface area contributed by atoms with E-state index in [0.29, 0.717) is 30.4 Å². The van der Waals surface area contributed by atoms with E-state index in [1.165, 1.54) is 12.3 Å². The molecule has 0 bridgehead atoms. The van der Waals surface area contributed by atoms with Crippen molar-refractivity contribution in [1.29, 1.82) is 0 Å². The van der Waals surface area contributed by atoms with Crippen molar-refractivity contribution in [3.8, 4) is 34.0 Å². The fourth-order valence-electron chi connectivity index (χ4n) is 4.47. The number of carboxylic acid groups (broad SMARTS) is 1. The van der Waals surface area contributed by atoms with Crippen molar-refractivity contribution in [2.45, 2.75) is 46.6 Å². The maximum atomic E-state index is 12.6. The van der Waals surface area contributed by atoms with Crippen LogP contribution < -0.4 is 14.9 Å². The van der Waals surface area contributed by atoms with Gasteiger partial charge in [-0.05, 0) is 42.0 Å². The lowest BCUT2D eigenvalue weighted by atomic mass is 9.78. The number of rotatable bonds is 6. The minimum Gasteiger partial charge on any atom is -0.496 e. The van der Waals surface area contributed by atoms with Crippen LogP contribution >= 0.6 is 0 Å². The first-order valence-electron chi connectivity index (χ1n) is 11.4. The fourth-order valence-corrected chi connectivity index (χ4v) is 4.47. The van der Waals surface area contributed by atoms with Gasteiger partial charge in [-0.3, -0.25) is 4.79 Å². The van der Waals surface area contributed by atoms with E-state index in [1.807, 2.05) is 29.7 Å². The average molecular weight is 463 g/mol. The molecule has 34 heavy (non-hydrogen) atoms. The SMILES string of the molecule is CCCOc1ccc(-c2cc3c(cc2OC)-c2cc(=O)c(C(=O)O)cn2C(C(C)(C)C)C3)cn1. The van der Waals surface area contributed by atoms with E-state index < -0.39 is 11.4 Å². The van der Waals surface area contributed by atoms with Gasteiger partial charge in [-0.1, -0.05) is 27.7 Å². The van der Waals surface area contributed by atoms with E-state index in [4.69, 9.17) is 9.47 Å². The molecule has 3 aromatic rings. The number of hydrogen-bond donors (Lipinski definition) is 1. The molecule has 1 aliphatic heterocycles. The van der Waals surface area contributed by atoms with Crippen LogP contribution in [-0.4, -0.2) is 34.3 Å². The number of aromatic nitrogens is 2. The summed E-state index contributed by atoms with van der Waals surface area (Å²) in [4.78, 5) is 28.7. The Morgan fingerprint density at radius 1 is 1.21 bits per heavy atom. The molecule has 0 saturated carbocycles. The predicted molar refractivity (Wildman–Crippen MR) is 131 cm³/mol. The van der Waals surface area contributed by atoms with Gasteiger partial charge in [0.2, 0.25) is 5.88 Å².